The first-order valence-electron chi connectivity index (χ1n) is 8.20. The molecule has 0 saturated heterocycles. The minimum Gasteiger partial charge on any atom is -0.477 e. The van der Waals surface area contributed by atoms with E-state index >= 15 is 0 Å². The second kappa shape index (κ2) is 8.05. The van der Waals surface area contributed by atoms with Crippen LogP contribution in [0.25, 0.3) is 11.3 Å². The number of anilines is 1. The van der Waals surface area contributed by atoms with Gasteiger partial charge in [-0.1, -0.05) is 24.3 Å². The number of carbonyl (C=O) groups excluding carboxylic acids is 1. The summed E-state index contributed by atoms with van der Waals surface area (Å²) in [4.78, 5) is 23.0. The highest BCUT2D eigenvalue weighted by Crippen LogP contribution is 2.23. The molecule has 0 spiro atoms. The number of nitrogens with zero attached hydrogens (tertiary/aromatic N) is 3. The van der Waals surface area contributed by atoms with E-state index in [-0.39, 0.29) is 11.3 Å². The molecule has 136 valence electrons. The van der Waals surface area contributed by atoms with Crippen LogP contribution in [0, 0.1) is 10.1 Å². The Morgan fingerprint density at radius 1 is 1.11 bits per heavy atom. The molecule has 2 aromatic carbocycles. The highest BCUT2D eigenvalue weighted by Gasteiger charge is 2.19. The lowest BCUT2D eigenvalue weighted by atomic mass is 10.1. The van der Waals surface area contributed by atoms with E-state index in [9.17, 15) is 14.9 Å². The Kier molecular flexibility index (Phi) is 5.36. The molecule has 0 atom stereocenters. The van der Waals surface area contributed by atoms with Gasteiger partial charge in [0.15, 0.2) is 0 Å². The Morgan fingerprint density at radius 2 is 1.93 bits per heavy atom. The number of aromatic nitrogens is 2. The summed E-state index contributed by atoms with van der Waals surface area (Å²) in [5, 5.41) is 21.9. The summed E-state index contributed by atoms with van der Waals surface area (Å²) in [6.45, 7) is 2.36. The number of benzene rings is 2. The zero-order chi connectivity index (χ0) is 19.2. The standard InChI is InChI=1S/C19H16N4O4/c1-2-27-18-11-10-16(21-22-18)13-6-5-7-14(12-13)20-19(24)15-8-3-4-9-17(15)23(25)26/h3-12H,2H2,1H3,(H,20,24). The van der Waals surface area contributed by atoms with E-state index in [0.717, 1.165) is 5.56 Å². The molecule has 0 aliphatic heterocycles. The summed E-state index contributed by atoms with van der Waals surface area (Å²) in [5.41, 5.74) is 1.59. The van der Waals surface area contributed by atoms with Crippen LogP contribution in [0.15, 0.2) is 60.7 Å². The number of carbonyl (C=O) groups is 1. The van der Waals surface area contributed by atoms with Gasteiger partial charge in [0.25, 0.3) is 11.6 Å². The number of para-hydroxylation sites is 1. The molecule has 1 aromatic heterocycles. The summed E-state index contributed by atoms with van der Waals surface area (Å²) in [5.74, 6) is -0.126. The number of nitrogens with one attached hydrogen (secondary N) is 1. The molecular formula is C19H16N4O4. The maximum atomic E-state index is 12.4. The molecule has 0 bridgehead atoms. The predicted molar refractivity (Wildman–Crippen MR) is 99.7 cm³/mol. The predicted octanol–water partition coefficient (Wildman–Crippen LogP) is 3.70. The van der Waals surface area contributed by atoms with Gasteiger partial charge in [-0.25, -0.2) is 0 Å². The Balaban J connectivity index is 1.82. The van der Waals surface area contributed by atoms with Crippen LogP contribution in [0.4, 0.5) is 11.4 Å². The van der Waals surface area contributed by atoms with E-state index in [4.69, 9.17) is 4.74 Å². The van der Waals surface area contributed by atoms with Gasteiger partial charge in [0.2, 0.25) is 5.88 Å². The number of amides is 1. The van der Waals surface area contributed by atoms with Crippen molar-refractivity contribution in [2.45, 2.75) is 6.92 Å². The van der Waals surface area contributed by atoms with Gasteiger partial charge in [-0.3, -0.25) is 14.9 Å². The highest BCUT2D eigenvalue weighted by molar-refractivity contribution is 6.07. The van der Waals surface area contributed by atoms with Crippen LogP contribution in [-0.2, 0) is 0 Å². The molecule has 1 heterocycles. The topological polar surface area (TPSA) is 107 Å². The molecule has 1 N–H and O–H groups in total. The summed E-state index contributed by atoms with van der Waals surface area (Å²) >= 11 is 0. The monoisotopic (exact) mass is 364 g/mol. The second-order valence-electron chi connectivity index (χ2n) is 5.50. The van der Waals surface area contributed by atoms with Gasteiger partial charge in [0.05, 0.1) is 17.2 Å². The Morgan fingerprint density at radius 3 is 2.63 bits per heavy atom. The van der Waals surface area contributed by atoms with Crippen molar-refractivity contribution in [3.8, 4) is 17.1 Å². The summed E-state index contributed by atoms with van der Waals surface area (Å²) in [6.07, 6.45) is 0. The Bertz CT molecular complexity index is 973. The number of nitro benzene ring substituents is 1. The average Bonchev–Trinajstić information content (AvgIpc) is 2.69. The molecule has 0 fully saturated rings. The van der Waals surface area contributed by atoms with E-state index < -0.39 is 10.8 Å². The Labute approximate surface area is 155 Å². The van der Waals surface area contributed by atoms with Gasteiger partial charge in [0, 0.05) is 23.4 Å². The normalized spacial score (nSPS) is 10.3. The molecule has 0 saturated carbocycles. The van der Waals surface area contributed by atoms with Gasteiger partial charge in [-0.15, -0.1) is 10.2 Å². The van der Waals surface area contributed by atoms with Crippen LogP contribution in [0.5, 0.6) is 5.88 Å². The number of hydrogen-bond donors (Lipinski definition) is 1. The van der Waals surface area contributed by atoms with E-state index in [0.29, 0.717) is 23.9 Å². The molecule has 0 unspecified atom stereocenters. The van der Waals surface area contributed by atoms with Crippen LogP contribution in [0.3, 0.4) is 0 Å². The van der Waals surface area contributed by atoms with Crippen LogP contribution < -0.4 is 10.1 Å². The van der Waals surface area contributed by atoms with Gasteiger partial charge in [0.1, 0.15) is 5.56 Å². The van der Waals surface area contributed by atoms with Crippen molar-refractivity contribution < 1.29 is 14.5 Å². The number of nitro groups is 1. The largest absolute Gasteiger partial charge is 0.477 e. The summed E-state index contributed by atoms with van der Waals surface area (Å²) in [7, 11) is 0. The minimum atomic E-state index is -0.582. The third-order valence-electron chi connectivity index (χ3n) is 3.69. The molecule has 0 aliphatic rings. The van der Waals surface area contributed by atoms with Crippen molar-refractivity contribution in [3.05, 3.63) is 76.3 Å². The second-order valence-corrected chi connectivity index (χ2v) is 5.50. The highest BCUT2D eigenvalue weighted by atomic mass is 16.6. The van der Waals surface area contributed by atoms with Crippen molar-refractivity contribution in [2.75, 3.05) is 11.9 Å². The third-order valence-corrected chi connectivity index (χ3v) is 3.69. The van der Waals surface area contributed by atoms with Gasteiger partial charge in [-0.2, -0.15) is 0 Å². The number of ether oxygens (including phenoxy) is 1. The quantitative estimate of drug-likeness (QED) is 0.528. The zero-order valence-corrected chi connectivity index (χ0v) is 14.5. The molecule has 0 radical (unpaired) electrons. The molecular weight excluding hydrogens is 348 g/mol. The van der Waals surface area contributed by atoms with E-state index in [1.807, 2.05) is 13.0 Å². The number of hydrogen-bond acceptors (Lipinski definition) is 6. The first-order chi connectivity index (χ1) is 13.1. The van der Waals surface area contributed by atoms with E-state index in [2.05, 4.69) is 15.5 Å². The molecule has 27 heavy (non-hydrogen) atoms. The first kappa shape index (κ1) is 18.0. The first-order valence-corrected chi connectivity index (χ1v) is 8.20. The zero-order valence-electron chi connectivity index (χ0n) is 14.5. The van der Waals surface area contributed by atoms with Crippen molar-refractivity contribution >= 4 is 17.3 Å². The molecule has 8 heteroatoms. The van der Waals surface area contributed by atoms with Crippen LogP contribution in [0.2, 0.25) is 0 Å². The van der Waals surface area contributed by atoms with Crippen molar-refractivity contribution in [1.29, 1.82) is 0 Å². The maximum absolute atomic E-state index is 12.4. The van der Waals surface area contributed by atoms with Gasteiger partial charge in [-0.05, 0) is 31.2 Å². The fraction of sp³-hybridized carbons (Fsp3) is 0.105. The summed E-state index contributed by atoms with van der Waals surface area (Å²) < 4.78 is 5.27. The van der Waals surface area contributed by atoms with Crippen molar-refractivity contribution in [3.63, 3.8) is 0 Å². The maximum Gasteiger partial charge on any atom is 0.282 e. The van der Waals surface area contributed by atoms with Crippen LogP contribution in [0.1, 0.15) is 17.3 Å². The van der Waals surface area contributed by atoms with Crippen molar-refractivity contribution in [2.24, 2.45) is 0 Å². The lowest BCUT2D eigenvalue weighted by Gasteiger charge is -2.08. The molecule has 8 nitrogen and oxygen atoms in total. The minimum absolute atomic E-state index is 0.00578. The SMILES string of the molecule is CCOc1ccc(-c2cccc(NC(=O)c3ccccc3[N+](=O)[O-])c2)nn1. The smallest absolute Gasteiger partial charge is 0.282 e. The lowest BCUT2D eigenvalue weighted by molar-refractivity contribution is -0.385. The lowest BCUT2D eigenvalue weighted by Crippen LogP contribution is -2.13. The molecule has 3 aromatic rings. The Hall–Kier alpha value is -3.81. The van der Waals surface area contributed by atoms with Gasteiger partial charge >= 0.3 is 0 Å². The van der Waals surface area contributed by atoms with E-state index in [1.54, 1.807) is 36.4 Å². The third kappa shape index (κ3) is 4.24. The fourth-order valence-electron chi connectivity index (χ4n) is 2.48. The molecule has 0 aliphatic carbocycles. The van der Waals surface area contributed by atoms with Gasteiger partial charge < -0.3 is 10.1 Å². The van der Waals surface area contributed by atoms with E-state index in [1.165, 1.54) is 18.2 Å². The fourth-order valence-corrected chi connectivity index (χ4v) is 2.48. The average molecular weight is 364 g/mol. The molecule has 1 amide bonds. The van der Waals surface area contributed by atoms with Crippen molar-refractivity contribution in [1.82, 2.24) is 10.2 Å². The number of rotatable bonds is 6. The summed E-state index contributed by atoms with van der Waals surface area (Å²) in [6, 6.07) is 16.3. The van der Waals surface area contributed by atoms with Crippen LogP contribution >= 0.6 is 0 Å². The molecule has 3 rings (SSSR count). The van der Waals surface area contributed by atoms with Crippen LogP contribution in [-0.4, -0.2) is 27.6 Å².